The molecule has 1 saturated heterocycles. The van der Waals surface area contributed by atoms with E-state index in [0.29, 0.717) is 30.0 Å². The van der Waals surface area contributed by atoms with Crippen LogP contribution < -0.4 is 10.1 Å². The lowest BCUT2D eigenvalue weighted by atomic mass is 10.1. The van der Waals surface area contributed by atoms with Crippen LogP contribution in [0, 0.1) is 5.82 Å². The first-order valence-electron chi connectivity index (χ1n) is 9.65. The Balaban J connectivity index is 1.60. The minimum absolute atomic E-state index is 0.0653. The molecule has 0 unspecified atom stereocenters. The lowest BCUT2D eigenvalue weighted by molar-refractivity contribution is 0.0691. The van der Waals surface area contributed by atoms with Gasteiger partial charge in [-0.2, -0.15) is 0 Å². The topological polar surface area (TPSA) is 58.6 Å². The smallest absolute Gasteiger partial charge is 0.254 e. The van der Waals surface area contributed by atoms with Crippen LogP contribution in [-0.4, -0.2) is 41.9 Å². The third-order valence-corrected chi connectivity index (χ3v) is 5.07. The highest BCUT2D eigenvalue weighted by molar-refractivity contribution is 6.31. The van der Waals surface area contributed by atoms with Crippen molar-refractivity contribution in [1.82, 2.24) is 10.2 Å². The van der Waals surface area contributed by atoms with Gasteiger partial charge in [0.05, 0.1) is 11.1 Å². The molecular formula is C22H24ClFN2O3. The predicted octanol–water partition coefficient (Wildman–Crippen LogP) is 4.30. The molecule has 0 radical (unpaired) electrons. The van der Waals surface area contributed by atoms with E-state index in [0.717, 1.165) is 12.8 Å². The number of nitrogens with one attached hydrogen (secondary N) is 1. The number of hydrogen-bond acceptors (Lipinski definition) is 3. The van der Waals surface area contributed by atoms with Crippen molar-refractivity contribution in [1.29, 1.82) is 0 Å². The van der Waals surface area contributed by atoms with Crippen LogP contribution in [0.2, 0.25) is 5.02 Å². The minimum Gasteiger partial charge on any atom is -0.491 e. The molecule has 1 fully saturated rings. The van der Waals surface area contributed by atoms with E-state index in [1.54, 1.807) is 29.2 Å². The predicted molar refractivity (Wildman–Crippen MR) is 110 cm³/mol. The zero-order valence-electron chi connectivity index (χ0n) is 16.5. The summed E-state index contributed by atoms with van der Waals surface area (Å²) in [7, 11) is 0. The summed E-state index contributed by atoms with van der Waals surface area (Å²) in [5.74, 6) is -0.221. The van der Waals surface area contributed by atoms with Gasteiger partial charge < -0.3 is 15.0 Å². The molecular weight excluding hydrogens is 395 g/mol. The van der Waals surface area contributed by atoms with E-state index in [2.05, 4.69) is 5.32 Å². The Morgan fingerprint density at radius 2 is 1.90 bits per heavy atom. The Kier molecular flexibility index (Phi) is 6.75. The van der Waals surface area contributed by atoms with E-state index in [4.69, 9.17) is 16.3 Å². The Labute approximate surface area is 174 Å². The minimum atomic E-state index is -0.546. The fourth-order valence-corrected chi connectivity index (χ4v) is 3.49. The largest absolute Gasteiger partial charge is 0.491 e. The van der Waals surface area contributed by atoms with E-state index < -0.39 is 5.82 Å². The number of amides is 2. The lowest BCUT2D eigenvalue weighted by Crippen LogP contribution is -2.39. The second-order valence-corrected chi connectivity index (χ2v) is 7.79. The second kappa shape index (κ2) is 9.27. The molecule has 1 aliphatic heterocycles. The average molecular weight is 419 g/mol. The number of halogens is 2. The number of likely N-dealkylation sites (tertiary alicyclic amines) is 1. The van der Waals surface area contributed by atoms with Crippen molar-refractivity contribution in [2.45, 2.75) is 38.8 Å². The highest BCUT2D eigenvalue weighted by Crippen LogP contribution is 2.24. The van der Waals surface area contributed by atoms with Crippen molar-refractivity contribution in [2.75, 3.05) is 13.2 Å². The molecule has 0 saturated carbocycles. The third kappa shape index (κ3) is 5.26. The van der Waals surface area contributed by atoms with Crippen LogP contribution in [0.15, 0.2) is 42.5 Å². The van der Waals surface area contributed by atoms with Crippen LogP contribution in [0.25, 0.3) is 0 Å². The molecule has 154 valence electrons. The Morgan fingerprint density at radius 1 is 1.21 bits per heavy atom. The van der Waals surface area contributed by atoms with Gasteiger partial charge in [0, 0.05) is 23.7 Å². The second-order valence-electron chi connectivity index (χ2n) is 7.39. The van der Waals surface area contributed by atoms with Crippen molar-refractivity contribution in [3.8, 4) is 5.75 Å². The zero-order chi connectivity index (χ0) is 21.0. The van der Waals surface area contributed by atoms with Crippen molar-refractivity contribution in [2.24, 2.45) is 0 Å². The first-order chi connectivity index (χ1) is 13.8. The molecule has 1 aliphatic rings. The highest BCUT2D eigenvalue weighted by Gasteiger charge is 2.30. The monoisotopic (exact) mass is 418 g/mol. The van der Waals surface area contributed by atoms with Gasteiger partial charge >= 0.3 is 0 Å². The number of carbonyl (C=O) groups excluding carboxylic acids is 2. The zero-order valence-corrected chi connectivity index (χ0v) is 17.2. The third-order valence-electron chi connectivity index (χ3n) is 4.78. The van der Waals surface area contributed by atoms with Gasteiger partial charge in [0.15, 0.2) is 0 Å². The summed E-state index contributed by atoms with van der Waals surface area (Å²) >= 11 is 5.81. The van der Waals surface area contributed by atoms with Gasteiger partial charge in [0.1, 0.15) is 18.2 Å². The SMILES string of the molecule is CC(C)NC(=O)c1ccc(OC[C@@H]2CCCN2C(=O)c2ccc(F)c(Cl)c2)cc1. The van der Waals surface area contributed by atoms with E-state index in [1.807, 2.05) is 13.8 Å². The standard InChI is InChI=1S/C22H24ClFN2O3/c1-14(2)25-21(27)15-5-8-18(9-6-15)29-13-17-4-3-11-26(17)22(28)16-7-10-20(24)19(23)12-16/h5-10,12,14,17H,3-4,11,13H2,1-2H3,(H,25,27)/t17-/m0/s1. The molecule has 1 N–H and O–H groups in total. The number of benzene rings is 2. The Bertz CT molecular complexity index is 886. The number of rotatable bonds is 6. The molecule has 0 spiro atoms. The highest BCUT2D eigenvalue weighted by atomic mass is 35.5. The van der Waals surface area contributed by atoms with Gasteiger partial charge in [-0.25, -0.2) is 4.39 Å². The molecule has 29 heavy (non-hydrogen) atoms. The van der Waals surface area contributed by atoms with Crippen molar-refractivity contribution in [3.63, 3.8) is 0 Å². The molecule has 1 atom stereocenters. The average Bonchev–Trinajstić information content (AvgIpc) is 3.16. The summed E-state index contributed by atoms with van der Waals surface area (Å²) in [4.78, 5) is 26.5. The van der Waals surface area contributed by atoms with Crippen LogP contribution >= 0.6 is 11.6 Å². The van der Waals surface area contributed by atoms with Gasteiger partial charge in [-0.1, -0.05) is 11.6 Å². The summed E-state index contributed by atoms with van der Waals surface area (Å²) in [5, 5.41) is 2.77. The molecule has 0 bridgehead atoms. The molecule has 2 aromatic carbocycles. The molecule has 7 heteroatoms. The van der Waals surface area contributed by atoms with Crippen molar-refractivity contribution in [3.05, 3.63) is 64.4 Å². The van der Waals surface area contributed by atoms with E-state index in [1.165, 1.54) is 18.2 Å². The molecule has 1 heterocycles. The van der Waals surface area contributed by atoms with Gasteiger partial charge in [0.25, 0.3) is 11.8 Å². The van der Waals surface area contributed by atoms with Crippen molar-refractivity contribution >= 4 is 23.4 Å². The molecule has 2 aromatic rings. The Hall–Kier alpha value is -2.60. The molecule has 3 rings (SSSR count). The van der Waals surface area contributed by atoms with Gasteiger partial charge in [-0.15, -0.1) is 0 Å². The van der Waals surface area contributed by atoms with Gasteiger partial charge in [0.2, 0.25) is 0 Å². The Morgan fingerprint density at radius 3 is 2.55 bits per heavy atom. The summed E-state index contributed by atoms with van der Waals surface area (Å²) < 4.78 is 19.2. The molecule has 5 nitrogen and oxygen atoms in total. The fourth-order valence-electron chi connectivity index (χ4n) is 3.31. The summed E-state index contributed by atoms with van der Waals surface area (Å²) in [6.45, 7) is 4.78. The lowest BCUT2D eigenvalue weighted by Gasteiger charge is -2.25. The van der Waals surface area contributed by atoms with Crippen LogP contribution in [0.5, 0.6) is 5.75 Å². The first kappa shape index (κ1) is 21.1. The van der Waals surface area contributed by atoms with E-state index >= 15 is 0 Å². The van der Waals surface area contributed by atoms with E-state index in [-0.39, 0.29) is 28.9 Å². The summed E-state index contributed by atoms with van der Waals surface area (Å²) in [5.41, 5.74) is 0.931. The maximum Gasteiger partial charge on any atom is 0.254 e. The maximum atomic E-state index is 13.4. The summed E-state index contributed by atoms with van der Waals surface area (Å²) in [6, 6.07) is 10.9. The quantitative estimate of drug-likeness (QED) is 0.760. The molecule has 0 aromatic heterocycles. The van der Waals surface area contributed by atoms with Gasteiger partial charge in [-0.3, -0.25) is 9.59 Å². The fraction of sp³-hybridized carbons (Fsp3) is 0.364. The van der Waals surface area contributed by atoms with E-state index in [9.17, 15) is 14.0 Å². The molecule has 2 amide bonds. The molecule has 0 aliphatic carbocycles. The van der Waals surface area contributed by atoms with Gasteiger partial charge in [-0.05, 0) is 69.2 Å². The number of carbonyl (C=O) groups is 2. The van der Waals surface area contributed by atoms with Crippen LogP contribution in [0.3, 0.4) is 0 Å². The van der Waals surface area contributed by atoms with Crippen molar-refractivity contribution < 1.29 is 18.7 Å². The normalized spacial score (nSPS) is 16.2. The number of hydrogen-bond donors (Lipinski definition) is 1. The summed E-state index contributed by atoms with van der Waals surface area (Å²) in [6.07, 6.45) is 1.71. The number of ether oxygens (including phenoxy) is 1. The van der Waals surface area contributed by atoms with Crippen LogP contribution in [0.4, 0.5) is 4.39 Å². The number of nitrogens with zero attached hydrogens (tertiary/aromatic N) is 1. The maximum absolute atomic E-state index is 13.4. The van der Waals surface area contributed by atoms with Crippen LogP contribution in [-0.2, 0) is 0 Å². The first-order valence-corrected chi connectivity index (χ1v) is 10.0. The van der Waals surface area contributed by atoms with Crippen LogP contribution in [0.1, 0.15) is 47.4 Å².